The van der Waals surface area contributed by atoms with E-state index in [4.69, 9.17) is 16.3 Å². The van der Waals surface area contributed by atoms with Crippen molar-refractivity contribution in [3.05, 3.63) is 58.4 Å². The maximum Gasteiger partial charge on any atom is 0.319 e. The van der Waals surface area contributed by atoms with Crippen LogP contribution in [0.2, 0.25) is 0 Å². The quantitative estimate of drug-likeness (QED) is 0.658. The maximum absolute atomic E-state index is 11.8. The molecule has 0 spiro atoms. The predicted octanol–water partition coefficient (Wildman–Crippen LogP) is 2.07. The number of carbonyl (C=O) groups is 2. The summed E-state index contributed by atoms with van der Waals surface area (Å²) in [6, 6.07) is 11.7. The summed E-state index contributed by atoms with van der Waals surface area (Å²) in [5.74, 6) is -0.849. The number of rotatable bonds is 3. The molecule has 0 radical (unpaired) electrons. The summed E-state index contributed by atoms with van der Waals surface area (Å²) in [6.45, 7) is 3.73. The molecule has 0 saturated carbocycles. The molecule has 0 saturated heterocycles. The third kappa shape index (κ3) is 3.74. The standard InChI is InChI=1S/C18H15N5O2/c1-11-7-14(8-15(10-20)17(24)22-18(21)25)12(2)23(11)16-5-3-13(9-19)4-6-16/h3-8H,1-2H3,(H3,21,22,24,25)/b15-8-. The largest absolute Gasteiger partial charge is 0.351 e. The molecule has 0 bridgehead atoms. The molecule has 0 fully saturated rings. The average Bonchev–Trinajstić information content (AvgIpc) is 2.85. The Morgan fingerprint density at radius 1 is 1.20 bits per heavy atom. The lowest BCUT2D eigenvalue weighted by molar-refractivity contribution is -0.115. The summed E-state index contributed by atoms with van der Waals surface area (Å²) in [5.41, 5.74) is 8.45. The van der Waals surface area contributed by atoms with E-state index >= 15 is 0 Å². The third-order valence-corrected chi connectivity index (χ3v) is 3.63. The zero-order chi connectivity index (χ0) is 18.6. The highest BCUT2D eigenvalue weighted by Gasteiger charge is 2.14. The normalized spacial score (nSPS) is 10.6. The molecule has 3 amide bonds. The molecule has 3 N–H and O–H groups in total. The van der Waals surface area contributed by atoms with Crippen molar-refractivity contribution in [2.24, 2.45) is 5.73 Å². The molecule has 1 aromatic heterocycles. The van der Waals surface area contributed by atoms with E-state index in [0.717, 1.165) is 17.1 Å². The molecule has 2 aromatic rings. The van der Waals surface area contributed by atoms with E-state index < -0.39 is 11.9 Å². The van der Waals surface area contributed by atoms with Crippen LogP contribution in [0.4, 0.5) is 4.79 Å². The van der Waals surface area contributed by atoms with Crippen LogP contribution in [0, 0.1) is 36.5 Å². The van der Waals surface area contributed by atoms with Crippen molar-refractivity contribution in [2.75, 3.05) is 0 Å². The zero-order valence-corrected chi connectivity index (χ0v) is 13.7. The minimum atomic E-state index is -1.02. The highest BCUT2D eigenvalue weighted by Crippen LogP contribution is 2.23. The van der Waals surface area contributed by atoms with Gasteiger partial charge in [-0.15, -0.1) is 0 Å². The highest BCUT2D eigenvalue weighted by atomic mass is 16.2. The van der Waals surface area contributed by atoms with Crippen molar-refractivity contribution in [3.8, 4) is 17.8 Å². The molecule has 2 rings (SSSR count). The lowest BCUT2D eigenvalue weighted by atomic mass is 10.1. The van der Waals surface area contributed by atoms with Gasteiger partial charge in [-0.25, -0.2) is 4.79 Å². The maximum atomic E-state index is 11.8. The smallest absolute Gasteiger partial charge is 0.319 e. The number of aryl methyl sites for hydroxylation is 1. The number of urea groups is 1. The second-order valence-electron chi connectivity index (χ2n) is 5.31. The number of nitriles is 2. The van der Waals surface area contributed by atoms with Crippen molar-refractivity contribution in [1.82, 2.24) is 9.88 Å². The lowest BCUT2D eigenvalue weighted by Crippen LogP contribution is -2.35. The summed E-state index contributed by atoms with van der Waals surface area (Å²) in [5, 5.41) is 19.9. The molecule has 25 heavy (non-hydrogen) atoms. The van der Waals surface area contributed by atoms with Crippen LogP contribution in [0.1, 0.15) is 22.5 Å². The van der Waals surface area contributed by atoms with Crippen LogP contribution < -0.4 is 11.1 Å². The first-order chi connectivity index (χ1) is 11.9. The molecule has 1 aromatic carbocycles. The molecule has 0 aliphatic carbocycles. The Kier molecular flexibility index (Phi) is 5.01. The van der Waals surface area contributed by atoms with Gasteiger partial charge in [-0.1, -0.05) is 0 Å². The molecule has 124 valence electrons. The Balaban J connectivity index is 2.46. The molecule has 0 aliphatic rings. The van der Waals surface area contributed by atoms with Gasteiger partial charge in [-0.2, -0.15) is 10.5 Å². The van der Waals surface area contributed by atoms with Gasteiger partial charge >= 0.3 is 6.03 Å². The van der Waals surface area contributed by atoms with Crippen LogP contribution >= 0.6 is 0 Å². The van der Waals surface area contributed by atoms with Gasteiger partial charge < -0.3 is 10.3 Å². The van der Waals surface area contributed by atoms with E-state index in [2.05, 4.69) is 6.07 Å². The number of aromatic nitrogens is 1. The number of benzene rings is 1. The van der Waals surface area contributed by atoms with Gasteiger partial charge in [0.25, 0.3) is 5.91 Å². The number of primary amides is 1. The minimum absolute atomic E-state index is 0.223. The fraction of sp³-hybridized carbons (Fsp3) is 0.111. The summed E-state index contributed by atoms with van der Waals surface area (Å²) < 4.78 is 1.94. The number of amides is 3. The first-order valence-electron chi connectivity index (χ1n) is 7.29. The van der Waals surface area contributed by atoms with Crippen LogP contribution in [0.3, 0.4) is 0 Å². The fourth-order valence-corrected chi connectivity index (χ4v) is 2.50. The Bertz CT molecular complexity index is 953. The summed E-state index contributed by atoms with van der Waals surface area (Å²) in [4.78, 5) is 22.6. The van der Waals surface area contributed by atoms with Crippen molar-refractivity contribution < 1.29 is 9.59 Å². The number of hydrogen-bond donors (Lipinski definition) is 2. The molecule has 7 nitrogen and oxygen atoms in total. The van der Waals surface area contributed by atoms with Gasteiger partial charge in [0.1, 0.15) is 11.6 Å². The Morgan fingerprint density at radius 2 is 1.84 bits per heavy atom. The fourth-order valence-electron chi connectivity index (χ4n) is 2.50. The first kappa shape index (κ1) is 17.5. The summed E-state index contributed by atoms with van der Waals surface area (Å²) in [6.07, 6.45) is 1.40. The van der Waals surface area contributed by atoms with Gasteiger partial charge in [0.15, 0.2) is 0 Å². The Labute approximate surface area is 144 Å². The van der Waals surface area contributed by atoms with Gasteiger partial charge in [0.05, 0.1) is 11.6 Å². The third-order valence-electron chi connectivity index (χ3n) is 3.63. The molecular formula is C18H15N5O2. The monoisotopic (exact) mass is 333 g/mol. The van der Waals surface area contributed by atoms with Gasteiger partial charge in [0.2, 0.25) is 0 Å². The Hall–Kier alpha value is -3.84. The molecule has 0 atom stereocenters. The second-order valence-corrected chi connectivity index (χ2v) is 5.31. The SMILES string of the molecule is Cc1cc(/C=C(/C#N)C(=O)NC(N)=O)c(C)n1-c1ccc(C#N)cc1. The van der Waals surface area contributed by atoms with E-state index in [1.807, 2.05) is 41.9 Å². The average molecular weight is 333 g/mol. The zero-order valence-electron chi connectivity index (χ0n) is 13.7. The van der Waals surface area contributed by atoms with E-state index in [0.29, 0.717) is 11.1 Å². The number of nitrogens with one attached hydrogen (secondary N) is 1. The molecular weight excluding hydrogens is 318 g/mol. The summed E-state index contributed by atoms with van der Waals surface area (Å²) >= 11 is 0. The number of imide groups is 1. The second kappa shape index (κ2) is 7.16. The van der Waals surface area contributed by atoms with Crippen LogP contribution in [0.25, 0.3) is 11.8 Å². The van der Waals surface area contributed by atoms with E-state index in [9.17, 15) is 9.59 Å². The lowest BCUT2D eigenvalue weighted by Gasteiger charge is -2.09. The first-order valence-corrected chi connectivity index (χ1v) is 7.29. The van der Waals surface area contributed by atoms with Gasteiger partial charge in [-0.3, -0.25) is 10.1 Å². The van der Waals surface area contributed by atoms with Crippen LogP contribution in [-0.4, -0.2) is 16.5 Å². The van der Waals surface area contributed by atoms with E-state index in [1.54, 1.807) is 18.2 Å². The number of carbonyl (C=O) groups excluding carboxylic acids is 2. The molecule has 7 heteroatoms. The van der Waals surface area contributed by atoms with Crippen molar-refractivity contribution in [1.29, 1.82) is 10.5 Å². The van der Waals surface area contributed by atoms with Crippen LogP contribution in [0.5, 0.6) is 0 Å². The van der Waals surface area contributed by atoms with Gasteiger partial charge in [0, 0.05) is 17.1 Å². The predicted molar refractivity (Wildman–Crippen MR) is 91.3 cm³/mol. The molecule has 1 heterocycles. The van der Waals surface area contributed by atoms with Crippen molar-refractivity contribution >= 4 is 18.0 Å². The van der Waals surface area contributed by atoms with E-state index in [-0.39, 0.29) is 5.57 Å². The van der Waals surface area contributed by atoms with Crippen molar-refractivity contribution in [2.45, 2.75) is 13.8 Å². The topological polar surface area (TPSA) is 125 Å². The summed E-state index contributed by atoms with van der Waals surface area (Å²) in [7, 11) is 0. The van der Waals surface area contributed by atoms with E-state index in [1.165, 1.54) is 6.08 Å². The minimum Gasteiger partial charge on any atom is -0.351 e. The van der Waals surface area contributed by atoms with Crippen LogP contribution in [-0.2, 0) is 4.79 Å². The number of nitrogens with two attached hydrogens (primary N) is 1. The molecule has 0 aliphatic heterocycles. The van der Waals surface area contributed by atoms with Crippen molar-refractivity contribution in [3.63, 3.8) is 0 Å². The Morgan fingerprint density at radius 3 is 2.36 bits per heavy atom. The number of nitrogens with zero attached hydrogens (tertiary/aromatic N) is 3. The van der Waals surface area contributed by atoms with Crippen LogP contribution in [0.15, 0.2) is 35.9 Å². The van der Waals surface area contributed by atoms with Gasteiger partial charge in [-0.05, 0) is 55.8 Å². The number of hydrogen-bond acceptors (Lipinski definition) is 4. The highest BCUT2D eigenvalue weighted by molar-refractivity contribution is 6.08. The molecule has 0 unspecified atom stereocenters.